The average Bonchev–Trinajstić information content (AvgIpc) is 2.67. The van der Waals surface area contributed by atoms with Gasteiger partial charge in [0.1, 0.15) is 11.5 Å². The number of aryl methyl sites for hydroxylation is 1. The van der Waals surface area contributed by atoms with Crippen LogP contribution < -0.4 is 10.2 Å². The van der Waals surface area contributed by atoms with Gasteiger partial charge in [-0.05, 0) is 72.6 Å². The van der Waals surface area contributed by atoms with Crippen molar-refractivity contribution in [1.82, 2.24) is 10.4 Å². The van der Waals surface area contributed by atoms with Crippen molar-refractivity contribution in [2.24, 2.45) is 5.10 Å². The number of halogens is 1. The van der Waals surface area contributed by atoms with Crippen LogP contribution in [0.3, 0.4) is 0 Å². The van der Waals surface area contributed by atoms with E-state index in [2.05, 4.69) is 15.5 Å². The fourth-order valence-corrected chi connectivity index (χ4v) is 2.29. The number of hydrazone groups is 1. The van der Waals surface area contributed by atoms with Gasteiger partial charge in [0.15, 0.2) is 0 Å². The minimum absolute atomic E-state index is 0.290. The van der Waals surface area contributed by atoms with E-state index in [1.54, 1.807) is 36.8 Å². The molecule has 26 heavy (non-hydrogen) atoms. The number of benzene rings is 2. The largest absolute Gasteiger partial charge is 0.457 e. The highest BCUT2D eigenvalue weighted by Crippen LogP contribution is 2.25. The lowest BCUT2D eigenvalue weighted by Gasteiger charge is -2.07. The molecule has 1 heterocycles. The number of ether oxygens (including phenoxy) is 1. The number of amides is 1. The predicted octanol–water partition coefficient (Wildman–Crippen LogP) is 4.60. The van der Waals surface area contributed by atoms with E-state index in [0.717, 1.165) is 16.9 Å². The van der Waals surface area contributed by atoms with Crippen molar-refractivity contribution in [2.45, 2.75) is 6.92 Å². The Morgan fingerprint density at radius 3 is 2.46 bits per heavy atom. The lowest BCUT2D eigenvalue weighted by Crippen LogP contribution is -2.17. The second-order valence-corrected chi connectivity index (χ2v) is 5.92. The highest BCUT2D eigenvalue weighted by atomic mass is 35.5. The van der Waals surface area contributed by atoms with Crippen LogP contribution in [0.25, 0.3) is 0 Å². The van der Waals surface area contributed by atoms with Crippen molar-refractivity contribution in [1.29, 1.82) is 0 Å². The zero-order valence-electron chi connectivity index (χ0n) is 14.0. The zero-order chi connectivity index (χ0) is 18.4. The van der Waals surface area contributed by atoms with Gasteiger partial charge in [-0.3, -0.25) is 9.78 Å². The summed E-state index contributed by atoms with van der Waals surface area (Å²) in [4.78, 5) is 15.7. The summed E-state index contributed by atoms with van der Waals surface area (Å²) in [5, 5.41) is 4.66. The number of nitrogens with zero attached hydrogens (tertiary/aromatic N) is 2. The quantitative estimate of drug-likeness (QED) is 0.531. The third-order valence-corrected chi connectivity index (χ3v) is 3.99. The Balaban J connectivity index is 1.59. The third kappa shape index (κ3) is 4.68. The molecule has 1 aromatic heterocycles. The van der Waals surface area contributed by atoms with Crippen LogP contribution in [-0.4, -0.2) is 17.1 Å². The molecule has 0 bridgehead atoms. The first-order valence-electron chi connectivity index (χ1n) is 7.89. The SMILES string of the molecule is Cc1cc(Oc2ccc(/C=N\NC(=O)c3ccncc3)cc2)ccc1Cl. The van der Waals surface area contributed by atoms with Crippen molar-refractivity contribution < 1.29 is 9.53 Å². The van der Waals surface area contributed by atoms with E-state index < -0.39 is 0 Å². The average molecular weight is 366 g/mol. The molecular formula is C20H16ClN3O2. The topological polar surface area (TPSA) is 63.6 Å². The molecule has 0 atom stereocenters. The van der Waals surface area contributed by atoms with E-state index in [1.807, 2.05) is 43.3 Å². The molecule has 0 unspecified atom stereocenters. The molecule has 0 saturated carbocycles. The minimum atomic E-state index is -0.290. The summed E-state index contributed by atoms with van der Waals surface area (Å²) in [7, 11) is 0. The summed E-state index contributed by atoms with van der Waals surface area (Å²) in [6.45, 7) is 1.93. The summed E-state index contributed by atoms with van der Waals surface area (Å²) in [5.74, 6) is 1.13. The summed E-state index contributed by atoms with van der Waals surface area (Å²) in [6.07, 6.45) is 4.67. The van der Waals surface area contributed by atoms with Gasteiger partial charge in [0.25, 0.3) is 5.91 Å². The lowest BCUT2D eigenvalue weighted by molar-refractivity contribution is 0.0955. The number of pyridine rings is 1. The van der Waals surface area contributed by atoms with Crippen LogP contribution in [0.15, 0.2) is 72.1 Å². The predicted molar refractivity (Wildman–Crippen MR) is 102 cm³/mol. The Morgan fingerprint density at radius 1 is 1.08 bits per heavy atom. The number of carbonyl (C=O) groups excluding carboxylic acids is 1. The van der Waals surface area contributed by atoms with E-state index in [9.17, 15) is 4.79 Å². The second-order valence-electron chi connectivity index (χ2n) is 5.52. The lowest BCUT2D eigenvalue weighted by atomic mass is 10.2. The van der Waals surface area contributed by atoms with Crippen LogP contribution in [-0.2, 0) is 0 Å². The first-order valence-corrected chi connectivity index (χ1v) is 8.27. The normalized spacial score (nSPS) is 10.7. The van der Waals surface area contributed by atoms with Crippen molar-refractivity contribution in [3.8, 4) is 11.5 Å². The van der Waals surface area contributed by atoms with Crippen molar-refractivity contribution in [3.05, 3.63) is 88.7 Å². The molecule has 1 N–H and O–H groups in total. The molecule has 0 aliphatic carbocycles. The van der Waals surface area contributed by atoms with Gasteiger partial charge < -0.3 is 4.74 Å². The van der Waals surface area contributed by atoms with E-state index in [4.69, 9.17) is 16.3 Å². The molecule has 3 rings (SSSR count). The maximum atomic E-state index is 11.9. The fourth-order valence-electron chi connectivity index (χ4n) is 2.17. The Kier molecular flexibility index (Phi) is 5.61. The van der Waals surface area contributed by atoms with Gasteiger partial charge >= 0.3 is 0 Å². The Bertz CT molecular complexity index is 926. The molecule has 0 radical (unpaired) electrons. The number of aromatic nitrogens is 1. The van der Waals surface area contributed by atoms with Crippen molar-refractivity contribution >= 4 is 23.7 Å². The van der Waals surface area contributed by atoms with Gasteiger partial charge in [0.2, 0.25) is 0 Å². The number of rotatable bonds is 5. The first-order chi connectivity index (χ1) is 12.6. The minimum Gasteiger partial charge on any atom is -0.457 e. The molecule has 0 aliphatic heterocycles. The number of hydrogen-bond donors (Lipinski definition) is 1. The van der Waals surface area contributed by atoms with Crippen molar-refractivity contribution in [2.75, 3.05) is 0 Å². The van der Waals surface area contributed by atoms with Crippen LogP contribution in [0.4, 0.5) is 0 Å². The standard InChI is InChI=1S/C20H16ClN3O2/c1-14-12-18(6-7-19(14)21)26-17-4-2-15(3-5-17)13-23-24-20(25)16-8-10-22-11-9-16/h2-13H,1H3,(H,24,25)/b23-13-. The molecule has 0 fully saturated rings. The summed E-state index contributed by atoms with van der Waals surface area (Å²) in [5.41, 5.74) is 4.76. The Hall–Kier alpha value is -3.18. The van der Waals surface area contributed by atoms with Crippen molar-refractivity contribution in [3.63, 3.8) is 0 Å². The van der Waals surface area contributed by atoms with E-state index in [-0.39, 0.29) is 5.91 Å². The second kappa shape index (κ2) is 8.27. The summed E-state index contributed by atoms with van der Waals surface area (Å²) in [6, 6.07) is 16.1. The third-order valence-electron chi connectivity index (χ3n) is 3.57. The molecule has 3 aromatic rings. The number of nitrogens with one attached hydrogen (secondary N) is 1. The fraction of sp³-hybridized carbons (Fsp3) is 0.0500. The molecular weight excluding hydrogens is 350 g/mol. The first kappa shape index (κ1) is 17.6. The van der Waals surface area contributed by atoms with Crippen LogP contribution >= 0.6 is 11.6 Å². The zero-order valence-corrected chi connectivity index (χ0v) is 14.8. The summed E-state index contributed by atoms with van der Waals surface area (Å²) < 4.78 is 5.79. The monoisotopic (exact) mass is 365 g/mol. The maximum Gasteiger partial charge on any atom is 0.271 e. The molecule has 1 amide bonds. The van der Waals surface area contributed by atoms with Crippen LogP contribution in [0, 0.1) is 6.92 Å². The van der Waals surface area contributed by atoms with Crippen LogP contribution in [0.2, 0.25) is 5.02 Å². The summed E-state index contributed by atoms with van der Waals surface area (Å²) >= 11 is 6.01. The van der Waals surface area contributed by atoms with E-state index in [0.29, 0.717) is 16.3 Å². The molecule has 0 spiro atoms. The van der Waals surface area contributed by atoms with Gasteiger partial charge in [-0.25, -0.2) is 5.43 Å². The number of carbonyl (C=O) groups is 1. The van der Waals surface area contributed by atoms with Gasteiger partial charge in [-0.2, -0.15) is 5.10 Å². The van der Waals surface area contributed by atoms with Crippen LogP contribution in [0.5, 0.6) is 11.5 Å². The maximum absolute atomic E-state index is 11.9. The van der Waals surface area contributed by atoms with Gasteiger partial charge in [-0.1, -0.05) is 11.6 Å². The van der Waals surface area contributed by atoms with Crippen LogP contribution in [0.1, 0.15) is 21.5 Å². The smallest absolute Gasteiger partial charge is 0.271 e. The van der Waals surface area contributed by atoms with Gasteiger partial charge in [-0.15, -0.1) is 0 Å². The molecule has 130 valence electrons. The van der Waals surface area contributed by atoms with E-state index >= 15 is 0 Å². The number of hydrogen-bond acceptors (Lipinski definition) is 4. The highest BCUT2D eigenvalue weighted by molar-refractivity contribution is 6.31. The highest BCUT2D eigenvalue weighted by Gasteiger charge is 2.03. The van der Waals surface area contributed by atoms with Gasteiger partial charge in [0, 0.05) is 23.0 Å². The Morgan fingerprint density at radius 2 is 1.77 bits per heavy atom. The molecule has 0 saturated heterocycles. The molecule has 2 aromatic carbocycles. The Labute approximate surface area is 156 Å². The molecule has 6 heteroatoms. The van der Waals surface area contributed by atoms with Gasteiger partial charge in [0.05, 0.1) is 6.21 Å². The van der Waals surface area contributed by atoms with E-state index in [1.165, 1.54) is 0 Å². The molecule has 0 aliphatic rings. The molecule has 5 nitrogen and oxygen atoms in total.